The van der Waals surface area contributed by atoms with E-state index in [1.807, 2.05) is 52.3 Å². The third-order valence-corrected chi connectivity index (χ3v) is 7.76. The van der Waals surface area contributed by atoms with Gasteiger partial charge in [-0.15, -0.1) is 0 Å². The Morgan fingerprint density at radius 2 is 1.37 bits per heavy atom. The van der Waals surface area contributed by atoms with Crippen molar-refractivity contribution in [3.63, 3.8) is 0 Å². The van der Waals surface area contributed by atoms with Crippen LogP contribution >= 0.6 is 0 Å². The summed E-state index contributed by atoms with van der Waals surface area (Å²) in [6, 6.07) is 13.6. The quantitative estimate of drug-likeness (QED) is 0.636. The number of anilines is 2. The van der Waals surface area contributed by atoms with Crippen LogP contribution in [0.4, 0.5) is 11.4 Å². The number of carbonyl (C=O) groups excluding carboxylic acids is 3. The molecule has 0 atom stereocenters. The predicted octanol–water partition coefficient (Wildman–Crippen LogP) is 3.34. The maximum atomic E-state index is 13.2. The monoisotopic (exact) mass is 517 g/mol. The number of benzene rings is 2. The molecule has 2 N–H and O–H groups in total. The number of nitrogens with zero attached hydrogens (tertiary/aromatic N) is 3. The topological polar surface area (TPSA) is 85.0 Å². The van der Waals surface area contributed by atoms with Gasteiger partial charge in [-0.1, -0.05) is 32.9 Å². The van der Waals surface area contributed by atoms with E-state index in [2.05, 4.69) is 36.3 Å². The molecule has 2 aromatic carbocycles. The van der Waals surface area contributed by atoms with Crippen molar-refractivity contribution in [1.82, 2.24) is 15.1 Å². The number of rotatable bonds is 5. The first-order valence-electron chi connectivity index (χ1n) is 13.8. The van der Waals surface area contributed by atoms with Crippen LogP contribution in [0.15, 0.2) is 42.5 Å². The minimum atomic E-state index is -0.00661. The highest BCUT2D eigenvalue weighted by Gasteiger charge is 2.31. The molecule has 202 valence electrons. The average molecular weight is 518 g/mol. The van der Waals surface area contributed by atoms with Crippen molar-refractivity contribution in [3.8, 4) is 0 Å². The van der Waals surface area contributed by atoms with E-state index < -0.39 is 0 Å². The molecular weight excluding hydrogens is 478 g/mol. The lowest BCUT2D eigenvalue weighted by molar-refractivity contribution is -0.117. The number of carbonyl (C=O) groups is 3. The molecular formula is C30H39N5O3. The second-order valence-electron chi connectivity index (χ2n) is 11.6. The third-order valence-electron chi connectivity index (χ3n) is 7.76. The second-order valence-corrected chi connectivity index (χ2v) is 11.6. The Bertz CT molecular complexity index is 1190. The van der Waals surface area contributed by atoms with E-state index in [1.165, 1.54) is 5.56 Å². The number of hydrogen-bond donors (Lipinski definition) is 2. The molecule has 8 nitrogen and oxygen atoms in total. The Hall–Kier alpha value is -3.39. The summed E-state index contributed by atoms with van der Waals surface area (Å²) in [7, 11) is 0. The molecule has 0 spiro atoms. The summed E-state index contributed by atoms with van der Waals surface area (Å²) < 4.78 is 0. The highest BCUT2D eigenvalue weighted by molar-refractivity contribution is 6.01. The average Bonchev–Trinajstić information content (AvgIpc) is 3.78. The molecule has 2 aliphatic heterocycles. The number of amides is 3. The molecule has 3 amide bonds. The Balaban J connectivity index is 1.29. The van der Waals surface area contributed by atoms with Crippen LogP contribution in [0.2, 0.25) is 0 Å². The van der Waals surface area contributed by atoms with Gasteiger partial charge in [-0.05, 0) is 54.2 Å². The highest BCUT2D eigenvalue weighted by Crippen LogP contribution is 2.34. The maximum Gasteiger partial charge on any atom is 0.254 e. The van der Waals surface area contributed by atoms with E-state index in [9.17, 15) is 14.4 Å². The zero-order valence-corrected chi connectivity index (χ0v) is 22.8. The Morgan fingerprint density at radius 1 is 0.789 bits per heavy atom. The fraction of sp³-hybridized carbons (Fsp3) is 0.500. The first-order chi connectivity index (χ1) is 18.2. The van der Waals surface area contributed by atoms with E-state index in [-0.39, 0.29) is 29.1 Å². The summed E-state index contributed by atoms with van der Waals surface area (Å²) in [6.07, 6.45) is 1.83. The normalized spacial score (nSPS) is 18.3. The number of nitrogens with one attached hydrogen (secondary N) is 2. The molecule has 0 aromatic heterocycles. The minimum absolute atomic E-state index is 0.00661. The number of hydrogen-bond acceptors (Lipinski definition) is 5. The van der Waals surface area contributed by atoms with E-state index >= 15 is 0 Å². The van der Waals surface area contributed by atoms with Crippen LogP contribution in [0.25, 0.3) is 0 Å². The van der Waals surface area contributed by atoms with Gasteiger partial charge in [-0.25, -0.2) is 0 Å². The van der Waals surface area contributed by atoms with Crippen molar-refractivity contribution in [2.24, 2.45) is 5.92 Å². The molecule has 3 fully saturated rings. The molecule has 5 rings (SSSR count). The van der Waals surface area contributed by atoms with Gasteiger partial charge in [0.25, 0.3) is 11.8 Å². The molecule has 0 unspecified atom stereocenters. The fourth-order valence-corrected chi connectivity index (χ4v) is 5.12. The summed E-state index contributed by atoms with van der Waals surface area (Å²) in [6.45, 7) is 11.9. The first kappa shape index (κ1) is 26.2. The van der Waals surface area contributed by atoms with Crippen molar-refractivity contribution in [1.29, 1.82) is 0 Å². The van der Waals surface area contributed by atoms with Crippen LogP contribution in [0.1, 0.15) is 59.9 Å². The summed E-state index contributed by atoms with van der Waals surface area (Å²) in [5.41, 5.74) is 4.13. The molecule has 0 radical (unpaired) electrons. The zero-order chi connectivity index (χ0) is 26.9. The molecule has 2 aromatic rings. The van der Waals surface area contributed by atoms with E-state index in [0.717, 1.165) is 31.6 Å². The number of piperazine rings is 2. The maximum absolute atomic E-state index is 13.2. The first-order valence-corrected chi connectivity index (χ1v) is 13.8. The summed E-state index contributed by atoms with van der Waals surface area (Å²) >= 11 is 0. The van der Waals surface area contributed by atoms with Gasteiger partial charge in [0.15, 0.2) is 0 Å². The van der Waals surface area contributed by atoms with Gasteiger partial charge < -0.3 is 25.3 Å². The largest absolute Gasteiger partial charge is 0.366 e. The van der Waals surface area contributed by atoms with Crippen molar-refractivity contribution in [2.75, 3.05) is 62.6 Å². The lowest BCUT2D eigenvalue weighted by atomic mass is 9.86. The summed E-state index contributed by atoms with van der Waals surface area (Å²) in [4.78, 5) is 44.9. The Kier molecular flexibility index (Phi) is 7.43. The SMILES string of the molecule is CC(C)(C)c1ccc(C(=O)N2CCN(c3ccc(C(=O)N4CCNCC4)cc3NC(=O)C3CC3)CC2)cc1. The van der Waals surface area contributed by atoms with Crippen molar-refractivity contribution in [3.05, 3.63) is 59.2 Å². The van der Waals surface area contributed by atoms with Gasteiger partial charge in [0.2, 0.25) is 5.91 Å². The van der Waals surface area contributed by atoms with Crippen LogP contribution < -0.4 is 15.5 Å². The smallest absolute Gasteiger partial charge is 0.254 e. The van der Waals surface area contributed by atoms with Gasteiger partial charge in [0, 0.05) is 69.4 Å². The van der Waals surface area contributed by atoms with Crippen LogP contribution in [0, 0.1) is 5.92 Å². The van der Waals surface area contributed by atoms with E-state index in [1.54, 1.807) is 0 Å². The molecule has 2 heterocycles. The van der Waals surface area contributed by atoms with E-state index in [4.69, 9.17) is 0 Å². The molecule has 1 saturated carbocycles. The highest BCUT2D eigenvalue weighted by atomic mass is 16.2. The molecule has 0 bridgehead atoms. The lowest BCUT2D eigenvalue weighted by Gasteiger charge is -2.37. The molecule has 3 aliphatic rings. The fourth-order valence-electron chi connectivity index (χ4n) is 5.12. The molecule has 1 aliphatic carbocycles. The zero-order valence-electron chi connectivity index (χ0n) is 22.8. The van der Waals surface area contributed by atoms with Crippen LogP contribution in [0.5, 0.6) is 0 Å². The lowest BCUT2D eigenvalue weighted by Crippen LogP contribution is -2.49. The van der Waals surface area contributed by atoms with Crippen molar-refractivity contribution < 1.29 is 14.4 Å². The van der Waals surface area contributed by atoms with Crippen molar-refractivity contribution in [2.45, 2.75) is 39.0 Å². The van der Waals surface area contributed by atoms with Gasteiger partial charge in [-0.3, -0.25) is 14.4 Å². The standard InChI is InChI=1S/C30H39N5O3/c1-30(2,3)24-9-6-22(7-10-24)28(37)35-18-16-33(17-19-35)26-11-8-23(29(38)34-14-12-31-13-15-34)20-25(26)32-27(36)21-4-5-21/h6-11,20-21,31H,4-5,12-19H2,1-3H3,(H,32,36). The molecule has 8 heteroatoms. The van der Waals surface area contributed by atoms with Crippen LogP contribution in [0.3, 0.4) is 0 Å². The minimum Gasteiger partial charge on any atom is -0.366 e. The second kappa shape index (κ2) is 10.8. The van der Waals surface area contributed by atoms with E-state index in [0.29, 0.717) is 56.1 Å². The van der Waals surface area contributed by atoms with Gasteiger partial charge in [-0.2, -0.15) is 0 Å². The van der Waals surface area contributed by atoms with Crippen molar-refractivity contribution >= 4 is 29.1 Å². The Labute approximate surface area is 225 Å². The summed E-state index contributed by atoms with van der Waals surface area (Å²) in [5.74, 6) is 0.122. The molecule has 2 saturated heterocycles. The predicted molar refractivity (Wildman–Crippen MR) is 150 cm³/mol. The van der Waals surface area contributed by atoms with Crippen LogP contribution in [-0.4, -0.2) is 79.9 Å². The summed E-state index contributed by atoms with van der Waals surface area (Å²) in [5, 5.41) is 6.38. The Morgan fingerprint density at radius 3 is 1.97 bits per heavy atom. The van der Waals surface area contributed by atoms with Crippen LogP contribution in [-0.2, 0) is 10.2 Å². The molecule has 38 heavy (non-hydrogen) atoms. The van der Waals surface area contributed by atoms with Gasteiger partial charge in [0.05, 0.1) is 11.4 Å². The van der Waals surface area contributed by atoms with Gasteiger partial charge in [0.1, 0.15) is 0 Å². The third kappa shape index (κ3) is 5.85. The van der Waals surface area contributed by atoms with Gasteiger partial charge >= 0.3 is 0 Å².